The number of piperidine rings is 1. The SMILES string of the molecule is Cc1[nH]c2ccccc2c1CC(=O)N[C@H]1COC[C@@H]1N1CCCCC1. The molecule has 5 nitrogen and oxygen atoms in total. The van der Waals surface area contributed by atoms with E-state index in [1.54, 1.807) is 0 Å². The summed E-state index contributed by atoms with van der Waals surface area (Å²) in [5, 5.41) is 4.38. The first-order valence-corrected chi connectivity index (χ1v) is 9.40. The lowest BCUT2D eigenvalue weighted by Crippen LogP contribution is -2.52. The van der Waals surface area contributed by atoms with Gasteiger partial charge in [0.1, 0.15) is 0 Å². The zero-order chi connectivity index (χ0) is 17.2. The molecule has 2 aliphatic heterocycles. The van der Waals surface area contributed by atoms with E-state index in [-0.39, 0.29) is 11.9 Å². The van der Waals surface area contributed by atoms with Gasteiger partial charge in [0.2, 0.25) is 5.91 Å². The molecule has 0 saturated carbocycles. The molecule has 0 aliphatic carbocycles. The molecular formula is C20H27N3O2. The minimum atomic E-state index is 0.0883. The zero-order valence-electron chi connectivity index (χ0n) is 14.9. The van der Waals surface area contributed by atoms with Crippen molar-refractivity contribution in [3.05, 3.63) is 35.5 Å². The normalized spacial score (nSPS) is 24.7. The first-order valence-electron chi connectivity index (χ1n) is 9.40. The highest BCUT2D eigenvalue weighted by atomic mass is 16.5. The summed E-state index contributed by atoms with van der Waals surface area (Å²) < 4.78 is 5.69. The van der Waals surface area contributed by atoms with Gasteiger partial charge in [0, 0.05) is 16.6 Å². The van der Waals surface area contributed by atoms with Gasteiger partial charge in [-0.2, -0.15) is 0 Å². The van der Waals surface area contributed by atoms with Gasteiger partial charge < -0.3 is 15.0 Å². The summed E-state index contributed by atoms with van der Waals surface area (Å²) in [5.41, 5.74) is 3.27. The Morgan fingerprint density at radius 2 is 2.04 bits per heavy atom. The van der Waals surface area contributed by atoms with E-state index in [2.05, 4.69) is 27.3 Å². The number of ether oxygens (including phenoxy) is 1. The second-order valence-electron chi connectivity index (χ2n) is 7.33. The zero-order valence-corrected chi connectivity index (χ0v) is 14.9. The molecule has 1 amide bonds. The second-order valence-corrected chi connectivity index (χ2v) is 7.33. The van der Waals surface area contributed by atoms with Crippen molar-refractivity contribution in [2.45, 2.75) is 44.7 Å². The van der Waals surface area contributed by atoms with E-state index in [0.717, 1.165) is 41.9 Å². The summed E-state index contributed by atoms with van der Waals surface area (Å²) in [6.07, 6.45) is 4.25. The Morgan fingerprint density at radius 1 is 1.24 bits per heavy atom. The molecule has 2 fully saturated rings. The molecule has 0 spiro atoms. The second kappa shape index (κ2) is 7.18. The van der Waals surface area contributed by atoms with Gasteiger partial charge in [0.05, 0.1) is 31.7 Å². The van der Waals surface area contributed by atoms with Gasteiger partial charge in [0.15, 0.2) is 0 Å². The summed E-state index contributed by atoms with van der Waals surface area (Å²) in [6, 6.07) is 8.61. The topological polar surface area (TPSA) is 57.4 Å². The fraction of sp³-hybridized carbons (Fsp3) is 0.550. The number of carbonyl (C=O) groups is 1. The number of nitrogens with zero attached hydrogens (tertiary/aromatic N) is 1. The van der Waals surface area contributed by atoms with Gasteiger partial charge in [-0.3, -0.25) is 9.69 Å². The number of benzene rings is 1. The predicted octanol–water partition coefficient (Wildman–Crippen LogP) is 2.39. The number of carbonyl (C=O) groups excluding carboxylic acids is 1. The molecule has 0 radical (unpaired) electrons. The number of hydrogen-bond acceptors (Lipinski definition) is 3. The average molecular weight is 341 g/mol. The third-order valence-electron chi connectivity index (χ3n) is 5.62. The van der Waals surface area contributed by atoms with Crippen LogP contribution in [0.5, 0.6) is 0 Å². The molecule has 2 atom stereocenters. The summed E-state index contributed by atoms with van der Waals surface area (Å²) in [4.78, 5) is 18.6. The quantitative estimate of drug-likeness (QED) is 0.898. The third-order valence-corrected chi connectivity index (χ3v) is 5.62. The van der Waals surface area contributed by atoms with Crippen molar-refractivity contribution in [1.82, 2.24) is 15.2 Å². The number of rotatable bonds is 4. The van der Waals surface area contributed by atoms with Crippen molar-refractivity contribution in [3.8, 4) is 0 Å². The first kappa shape index (κ1) is 16.6. The van der Waals surface area contributed by atoms with Crippen molar-refractivity contribution in [3.63, 3.8) is 0 Å². The van der Waals surface area contributed by atoms with Gasteiger partial charge >= 0.3 is 0 Å². The lowest BCUT2D eigenvalue weighted by molar-refractivity contribution is -0.121. The van der Waals surface area contributed by atoms with Crippen molar-refractivity contribution in [2.24, 2.45) is 0 Å². The summed E-state index contributed by atoms with van der Waals surface area (Å²) in [7, 11) is 0. The number of para-hydroxylation sites is 1. The molecule has 2 aliphatic rings. The van der Waals surface area contributed by atoms with Crippen LogP contribution in [0, 0.1) is 6.92 Å². The standard InChI is InChI=1S/C20H27N3O2/c1-14-16(15-7-3-4-8-17(15)21-14)11-20(24)22-18-12-25-13-19(18)23-9-5-2-6-10-23/h3-4,7-8,18-19,21H,2,5-6,9-13H2,1H3,(H,22,24)/t18-,19-/m0/s1. The minimum absolute atomic E-state index is 0.0883. The first-order chi connectivity index (χ1) is 12.2. The van der Waals surface area contributed by atoms with Gasteiger partial charge in [-0.1, -0.05) is 24.6 Å². The Labute approximate surface area is 148 Å². The van der Waals surface area contributed by atoms with Crippen molar-refractivity contribution < 1.29 is 9.53 Å². The van der Waals surface area contributed by atoms with Crippen LogP contribution in [0.15, 0.2) is 24.3 Å². The molecule has 2 saturated heterocycles. The number of H-pyrrole nitrogens is 1. The lowest BCUT2D eigenvalue weighted by atomic mass is 10.0. The van der Waals surface area contributed by atoms with E-state index < -0.39 is 0 Å². The summed E-state index contributed by atoms with van der Waals surface area (Å²) in [5.74, 6) is 0.0883. The Balaban J connectivity index is 1.43. The van der Waals surface area contributed by atoms with Gasteiger partial charge in [0.25, 0.3) is 0 Å². The van der Waals surface area contributed by atoms with E-state index in [1.807, 2.05) is 19.1 Å². The molecule has 25 heavy (non-hydrogen) atoms. The van der Waals surface area contributed by atoms with Crippen LogP contribution in [-0.4, -0.2) is 54.2 Å². The highest BCUT2D eigenvalue weighted by Gasteiger charge is 2.34. The maximum Gasteiger partial charge on any atom is 0.224 e. The molecule has 0 bridgehead atoms. The Bertz CT molecular complexity index is 748. The van der Waals surface area contributed by atoms with Crippen LogP contribution >= 0.6 is 0 Å². The monoisotopic (exact) mass is 341 g/mol. The van der Waals surface area contributed by atoms with Crippen LogP contribution in [0.4, 0.5) is 0 Å². The highest BCUT2D eigenvalue weighted by Crippen LogP contribution is 2.23. The number of likely N-dealkylation sites (tertiary alicyclic amines) is 1. The molecule has 5 heteroatoms. The van der Waals surface area contributed by atoms with Crippen molar-refractivity contribution in [1.29, 1.82) is 0 Å². The Morgan fingerprint density at radius 3 is 2.88 bits per heavy atom. The summed E-state index contributed by atoms with van der Waals surface area (Å²) in [6.45, 7) is 5.65. The molecule has 1 aromatic heterocycles. The molecule has 2 aromatic rings. The van der Waals surface area contributed by atoms with E-state index in [1.165, 1.54) is 19.3 Å². The number of hydrogen-bond donors (Lipinski definition) is 2. The largest absolute Gasteiger partial charge is 0.378 e. The molecule has 0 unspecified atom stereocenters. The van der Waals surface area contributed by atoms with E-state index in [0.29, 0.717) is 19.1 Å². The Hall–Kier alpha value is -1.85. The van der Waals surface area contributed by atoms with Crippen LogP contribution in [0.25, 0.3) is 10.9 Å². The number of nitrogens with one attached hydrogen (secondary N) is 2. The van der Waals surface area contributed by atoms with Crippen LogP contribution in [0.2, 0.25) is 0 Å². The van der Waals surface area contributed by atoms with E-state index in [4.69, 9.17) is 4.74 Å². The number of aryl methyl sites for hydroxylation is 1. The fourth-order valence-corrected chi connectivity index (χ4v) is 4.27. The van der Waals surface area contributed by atoms with Gasteiger partial charge in [-0.15, -0.1) is 0 Å². The maximum atomic E-state index is 12.7. The minimum Gasteiger partial charge on any atom is -0.378 e. The van der Waals surface area contributed by atoms with Gasteiger partial charge in [-0.25, -0.2) is 0 Å². The smallest absolute Gasteiger partial charge is 0.224 e. The van der Waals surface area contributed by atoms with Crippen LogP contribution in [0.1, 0.15) is 30.5 Å². The van der Waals surface area contributed by atoms with E-state index in [9.17, 15) is 4.79 Å². The average Bonchev–Trinajstić information content (AvgIpc) is 3.20. The number of aromatic nitrogens is 1. The fourth-order valence-electron chi connectivity index (χ4n) is 4.27. The molecule has 1 aromatic carbocycles. The van der Waals surface area contributed by atoms with Crippen LogP contribution in [0.3, 0.4) is 0 Å². The van der Waals surface area contributed by atoms with Crippen molar-refractivity contribution in [2.75, 3.05) is 26.3 Å². The van der Waals surface area contributed by atoms with Crippen LogP contribution < -0.4 is 5.32 Å². The molecular weight excluding hydrogens is 314 g/mol. The molecule has 2 N–H and O–H groups in total. The lowest BCUT2D eigenvalue weighted by Gasteiger charge is -2.34. The molecule has 4 rings (SSSR count). The third kappa shape index (κ3) is 3.44. The number of aromatic amines is 1. The Kier molecular flexibility index (Phi) is 4.77. The molecule has 134 valence electrons. The van der Waals surface area contributed by atoms with Crippen LogP contribution in [-0.2, 0) is 16.0 Å². The highest BCUT2D eigenvalue weighted by molar-refractivity contribution is 5.90. The predicted molar refractivity (Wildman–Crippen MR) is 98.7 cm³/mol. The number of amides is 1. The number of fused-ring (bicyclic) bond motifs is 1. The summed E-state index contributed by atoms with van der Waals surface area (Å²) >= 11 is 0. The van der Waals surface area contributed by atoms with E-state index >= 15 is 0 Å². The maximum absolute atomic E-state index is 12.7. The van der Waals surface area contributed by atoms with Gasteiger partial charge in [-0.05, 0) is 44.5 Å². The van der Waals surface area contributed by atoms with Crippen molar-refractivity contribution >= 4 is 16.8 Å². The molecule has 3 heterocycles.